The van der Waals surface area contributed by atoms with E-state index < -0.39 is 0 Å². The highest BCUT2D eigenvalue weighted by molar-refractivity contribution is 5.97. The number of rotatable bonds is 1. The van der Waals surface area contributed by atoms with Gasteiger partial charge in [0, 0.05) is 6.04 Å². The molecule has 0 unspecified atom stereocenters. The first kappa shape index (κ1) is 11.3. The van der Waals surface area contributed by atoms with Crippen LogP contribution in [0.25, 0.3) is 0 Å². The number of nitrogens with zero attached hydrogens (tertiary/aromatic N) is 1. The molecule has 3 rings (SSSR count). The number of hydrogen-bond acceptors (Lipinski definition) is 3. The van der Waals surface area contributed by atoms with E-state index in [9.17, 15) is 9.59 Å². The molecule has 0 spiro atoms. The van der Waals surface area contributed by atoms with Crippen molar-refractivity contribution in [3.63, 3.8) is 0 Å². The zero-order chi connectivity index (χ0) is 12.5. The molecule has 0 aromatic carbocycles. The minimum absolute atomic E-state index is 0.0602. The lowest BCUT2D eigenvalue weighted by Gasteiger charge is -2.43. The van der Waals surface area contributed by atoms with Crippen molar-refractivity contribution in [2.24, 2.45) is 0 Å². The average Bonchev–Trinajstić information content (AvgIpc) is 2.90. The SMILES string of the molecule is O=C1CN(C(=O)c2ccoc2)[C@H]2CCCC[C@H]2N1. The minimum atomic E-state index is -0.101. The van der Waals surface area contributed by atoms with Gasteiger partial charge < -0.3 is 14.6 Å². The fourth-order valence-electron chi connectivity index (χ4n) is 2.95. The van der Waals surface area contributed by atoms with Gasteiger partial charge in [-0.3, -0.25) is 9.59 Å². The van der Waals surface area contributed by atoms with Gasteiger partial charge in [0.25, 0.3) is 5.91 Å². The van der Waals surface area contributed by atoms with Crippen LogP contribution in [0.4, 0.5) is 0 Å². The lowest BCUT2D eigenvalue weighted by Crippen LogP contribution is -2.62. The van der Waals surface area contributed by atoms with Crippen LogP contribution >= 0.6 is 0 Å². The molecule has 2 fully saturated rings. The summed E-state index contributed by atoms with van der Waals surface area (Å²) in [4.78, 5) is 25.7. The van der Waals surface area contributed by atoms with E-state index in [1.807, 2.05) is 0 Å². The van der Waals surface area contributed by atoms with Gasteiger partial charge in [-0.1, -0.05) is 12.8 Å². The molecule has 1 saturated heterocycles. The second kappa shape index (κ2) is 4.48. The molecule has 0 radical (unpaired) electrons. The Morgan fingerprint density at radius 1 is 1.39 bits per heavy atom. The molecular weight excluding hydrogens is 232 g/mol. The summed E-state index contributed by atoms with van der Waals surface area (Å²) >= 11 is 0. The van der Waals surface area contributed by atoms with Gasteiger partial charge in [0.05, 0.1) is 17.9 Å². The van der Waals surface area contributed by atoms with Crippen LogP contribution in [-0.2, 0) is 4.79 Å². The maximum absolute atomic E-state index is 12.3. The number of piperazine rings is 1. The normalized spacial score (nSPS) is 27.6. The Morgan fingerprint density at radius 3 is 3.00 bits per heavy atom. The molecule has 18 heavy (non-hydrogen) atoms. The molecule has 1 aromatic rings. The summed E-state index contributed by atoms with van der Waals surface area (Å²) in [6, 6.07) is 1.90. The molecule has 1 aliphatic carbocycles. The molecule has 2 heterocycles. The Bertz CT molecular complexity index is 455. The highest BCUT2D eigenvalue weighted by Gasteiger charge is 2.39. The van der Waals surface area contributed by atoms with E-state index in [0.29, 0.717) is 5.56 Å². The van der Waals surface area contributed by atoms with Gasteiger partial charge in [0.2, 0.25) is 5.91 Å². The predicted octanol–water partition coefficient (Wildman–Crippen LogP) is 1.16. The molecule has 5 nitrogen and oxygen atoms in total. The third kappa shape index (κ3) is 1.89. The van der Waals surface area contributed by atoms with Crippen molar-refractivity contribution < 1.29 is 14.0 Å². The van der Waals surface area contributed by atoms with E-state index in [-0.39, 0.29) is 30.4 Å². The maximum Gasteiger partial charge on any atom is 0.257 e. The second-order valence-electron chi connectivity index (χ2n) is 4.97. The van der Waals surface area contributed by atoms with Gasteiger partial charge >= 0.3 is 0 Å². The van der Waals surface area contributed by atoms with Crippen molar-refractivity contribution in [2.45, 2.75) is 37.8 Å². The monoisotopic (exact) mass is 248 g/mol. The maximum atomic E-state index is 12.3. The number of fused-ring (bicyclic) bond motifs is 1. The van der Waals surface area contributed by atoms with Crippen molar-refractivity contribution in [1.29, 1.82) is 0 Å². The van der Waals surface area contributed by atoms with Crippen LogP contribution in [0.2, 0.25) is 0 Å². The number of carbonyl (C=O) groups is 2. The van der Waals surface area contributed by atoms with Gasteiger partial charge in [0.1, 0.15) is 12.8 Å². The summed E-state index contributed by atoms with van der Waals surface area (Å²) in [5.74, 6) is -0.162. The Labute approximate surface area is 105 Å². The van der Waals surface area contributed by atoms with Crippen molar-refractivity contribution in [2.75, 3.05) is 6.54 Å². The number of carbonyl (C=O) groups excluding carboxylic acids is 2. The van der Waals surface area contributed by atoms with Crippen LogP contribution in [0.1, 0.15) is 36.0 Å². The van der Waals surface area contributed by atoms with Crippen LogP contribution in [0, 0.1) is 0 Å². The predicted molar refractivity (Wildman–Crippen MR) is 63.9 cm³/mol. The van der Waals surface area contributed by atoms with Crippen molar-refractivity contribution >= 4 is 11.8 Å². The third-order valence-corrected chi connectivity index (χ3v) is 3.82. The lowest BCUT2D eigenvalue weighted by molar-refractivity contribution is -0.127. The fraction of sp³-hybridized carbons (Fsp3) is 0.538. The molecule has 1 N–H and O–H groups in total. The van der Waals surface area contributed by atoms with E-state index in [2.05, 4.69) is 5.32 Å². The number of amides is 2. The number of nitrogens with one attached hydrogen (secondary N) is 1. The quantitative estimate of drug-likeness (QED) is 0.811. The fourth-order valence-corrected chi connectivity index (χ4v) is 2.95. The average molecular weight is 248 g/mol. The van der Waals surface area contributed by atoms with Gasteiger partial charge in [0.15, 0.2) is 0 Å². The molecule has 2 atom stereocenters. The minimum Gasteiger partial charge on any atom is -0.472 e. The molecule has 0 bridgehead atoms. The highest BCUT2D eigenvalue weighted by atomic mass is 16.3. The van der Waals surface area contributed by atoms with Crippen molar-refractivity contribution in [3.8, 4) is 0 Å². The second-order valence-corrected chi connectivity index (χ2v) is 4.97. The molecular formula is C13H16N2O3. The Kier molecular flexibility index (Phi) is 2.81. The van der Waals surface area contributed by atoms with E-state index in [4.69, 9.17) is 4.42 Å². The highest BCUT2D eigenvalue weighted by Crippen LogP contribution is 2.27. The zero-order valence-corrected chi connectivity index (χ0v) is 10.1. The first-order valence-corrected chi connectivity index (χ1v) is 6.38. The van der Waals surface area contributed by atoms with Gasteiger partial charge in [-0.25, -0.2) is 0 Å². The van der Waals surface area contributed by atoms with Gasteiger partial charge in [-0.2, -0.15) is 0 Å². The Morgan fingerprint density at radius 2 is 2.22 bits per heavy atom. The molecule has 2 aliphatic rings. The largest absolute Gasteiger partial charge is 0.472 e. The van der Waals surface area contributed by atoms with Crippen LogP contribution in [0.3, 0.4) is 0 Å². The molecule has 1 saturated carbocycles. The zero-order valence-electron chi connectivity index (χ0n) is 10.1. The molecule has 1 aliphatic heterocycles. The summed E-state index contributed by atoms with van der Waals surface area (Å²) in [6.45, 7) is 0.158. The van der Waals surface area contributed by atoms with Crippen LogP contribution < -0.4 is 5.32 Å². The number of furan rings is 1. The van der Waals surface area contributed by atoms with E-state index in [1.165, 1.54) is 12.5 Å². The molecule has 96 valence electrons. The molecule has 2 amide bonds. The third-order valence-electron chi connectivity index (χ3n) is 3.82. The number of hydrogen-bond donors (Lipinski definition) is 1. The van der Waals surface area contributed by atoms with E-state index >= 15 is 0 Å². The van der Waals surface area contributed by atoms with Crippen molar-refractivity contribution in [3.05, 3.63) is 24.2 Å². The topological polar surface area (TPSA) is 62.6 Å². The van der Waals surface area contributed by atoms with Gasteiger partial charge in [-0.05, 0) is 18.9 Å². The summed E-state index contributed by atoms with van der Waals surface area (Å²) in [5, 5.41) is 2.99. The standard InChI is InChI=1S/C13H16N2O3/c16-12-7-15(13(17)9-5-6-18-8-9)11-4-2-1-3-10(11)14-12/h5-6,8,10-11H,1-4,7H2,(H,14,16)/t10-,11+/m1/s1. The van der Waals surface area contributed by atoms with E-state index in [0.717, 1.165) is 25.7 Å². The smallest absolute Gasteiger partial charge is 0.257 e. The van der Waals surface area contributed by atoms with Gasteiger partial charge in [-0.15, -0.1) is 0 Å². The first-order chi connectivity index (χ1) is 8.75. The molecule has 1 aromatic heterocycles. The lowest BCUT2D eigenvalue weighted by atomic mass is 9.87. The van der Waals surface area contributed by atoms with Crippen molar-refractivity contribution in [1.82, 2.24) is 10.2 Å². The van der Waals surface area contributed by atoms with Crippen LogP contribution in [0.15, 0.2) is 23.0 Å². The Hall–Kier alpha value is -1.78. The summed E-state index contributed by atoms with van der Waals surface area (Å²) < 4.78 is 4.94. The Balaban J connectivity index is 1.84. The van der Waals surface area contributed by atoms with E-state index in [1.54, 1.807) is 11.0 Å². The summed E-state index contributed by atoms with van der Waals surface area (Å²) in [5.41, 5.74) is 0.522. The summed E-state index contributed by atoms with van der Waals surface area (Å²) in [7, 11) is 0. The van der Waals surface area contributed by atoms with Crippen LogP contribution in [0.5, 0.6) is 0 Å². The molecule has 5 heteroatoms. The van der Waals surface area contributed by atoms with Crippen LogP contribution in [-0.4, -0.2) is 35.3 Å². The summed E-state index contributed by atoms with van der Waals surface area (Å²) in [6.07, 6.45) is 7.09. The first-order valence-electron chi connectivity index (χ1n) is 6.38.